The van der Waals surface area contributed by atoms with E-state index in [0.717, 1.165) is 10.2 Å². The molecule has 0 aromatic heterocycles. The van der Waals surface area contributed by atoms with Gasteiger partial charge in [0.1, 0.15) is 12.1 Å². The number of carbonyl (C=O) groups excluding carboxylic acids is 2. The highest BCUT2D eigenvalue weighted by atomic mass is 79.9. The lowest BCUT2D eigenvalue weighted by Crippen LogP contribution is -2.38. The molecule has 0 aliphatic carbocycles. The van der Waals surface area contributed by atoms with Crippen molar-refractivity contribution in [2.75, 3.05) is 23.0 Å². The molecule has 2 saturated heterocycles. The number of ether oxygens (including phenoxy) is 1. The van der Waals surface area contributed by atoms with Crippen LogP contribution in [0.3, 0.4) is 0 Å². The van der Waals surface area contributed by atoms with Gasteiger partial charge >= 0.3 is 6.09 Å². The Labute approximate surface area is 182 Å². The number of fused-ring (bicyclic) bond motifs is 1. The fourth-order valence-corrected chi connectivity index (χ4v) is 7.42. The van der Waals surface area contributed by atoms with Gasteiger partial charge in [-0.1, -0.05) is 33.8 Å². The highest BCUT2D eigenvalue weighted by Crippen LogP contribution is 2.41. The number of amides is 2. The molecule has 29 heavy (non-hydrogen) atoms. The first-order valence-corrected chi connectivity index (χ1v) is 12.4. The number of hydrogen-bond acceptors (Lipinski definition) is 6. The van der Waals surface area contributed by atoms with E-state index in [-0.39, 0.29) is 29.3 Å². The van der Waals surface area contributed by atoms with Gasteiger partial charge in [0.05, 0.1) is 17.5 Å². The zero-order valence-corrected chi connectivity index (χ0v) is 19.4. The van der Waals surface area contributed by atoms with E-state index in [1.54, 1.807) is 25.7 Å². The highest BCUT2D eigenvalue weighted by molar-refractivity contribution is 9.10. The van der Waals surface area contributed by atoms with Gasteiger partial charge in [0.2, 0.25) is 0 Å². The molecule has 2 fully saturated rings. The van der Waals surface area contributed by atoms with Gasteiger partial charge < -0.3 is 15.0 Å². The summed E-state index contributed by atoms with van der Waals surface area (Å²) in [5.74, 6) is -0.474. The maximum Gasteiger partial charge on any atom is 0.408 e. The third-order valence-electron chi connectivity index (χ3n) is 4.16. The van der Waals surface area contributed by atoms with Crippen molar-refractivity contribution in [2.45, 2.75) is 37.7 Å². The molecule has 2 atom stereocenters. The molecule has 0 unspecified atom stereocenters. The van der Waals surface area contributed by atoms with Crippen LogP contribution in [0.4, 0.5) is 10.5 Å². The van der Waals surface area contributed by atoms with Crippen molar-refractivity contribution < 1.29 is 22.7 Å². The predicted octanol–water partition coefficient (Wildman–Crippen LogP) is 2.58. The van der Waals surface area contributed by atoms with E-state index in [4.69, 9.17) is 4.74 Å². The van der Waals surface area contributed by atoms with E-state index in [2.05, 4.69) is 26.2 Å². The van der Waals surface area contributed by atoms with Crippen molar-refractivity contribution in [1.29, 1.82) is 0 Å². The molecule has 2 amide bonds. The lowest BCUT2D eigenvalue weighted by Gasteiger charge is -2.24. The lowest BCUT2D eigenvalue weighted by molar-refractivity contribution is -0.117. The lowest BCUT2D eigenvalue weighted by atomic mass is 10.2. The fraction of sp³-hybridized carbons (Fsp3) is 0.500. The van der Waals surface area contributed by atoms with Crippen LogP contribution < -0.4 is 10.2 Å². The van der Waals surface area contributed by atoms with Crippen LogP contribution in [0.25, 0.3) is 0 Å². The van der Waals surface area contributed by atoms with Crippen LogP contribution in [-0.2, 0) is 19.4 Å². The van der Waals surface area contributed by atoms with Crippen LogP contribution >= 0.6 is 27.7 Å². The summed E-state index contributed by atoms with van der Waals surface area (Å²) in [6.45, 7) is 4.88. The number of amidine groups is 1. The van der Waals surface area contributed by atoms with Crippen LogP contribution in [0.1, 0.15) is 20.8 Å². The van der Waals surface area contributed by atoms with Crippen molar-refractivity contribution in [3.8, 4) is 0 Å². The Morgan fingerprint density at radius 3 is 2.72 bits per heavy atom. The Morgan fingerprint density at radius 2 is 2.07 bits per heavy atom. The maximum absolute atomic E-state index is 12.3. The normalized spacial score (nSPS) is 24.4. The average Bonchev–Trinajstić information content (AvgIpc) is 3.02. The molecule has 1 aromatic carbocycles. The van der Waals surface area contributed by atoms with Gasteiger partial charge in [0.15, 0.2) is 15.0 Å². The summed E-state index contributed by atoms with van der Waals surface area (Å²) in [6.07, 6.45) is -0.697. The smallest absolute Gasteiger partial charge is 0.408 e. The third-order valence-corrected chi connectivity index (χ3v) is 7.86. The van der Waals surface area contributed by atoms with Gasteiger partial charge in [-0.15, -0.1) is 0 Å². The first-order valence-electron chi connectivity index (χ1n) is 8.94. The van der Waals surface area contributed by atoms with E-state index in [1.165, 1.54) is 11.8 Å². The van der Waals surface area contributed by atoms with E-state index in [0.29, 0.717) is 5.17 Å². The molecule has 11 heteroatoms. The van der Waals surface area contributed by atoms with Crippen LogP contribution in [-0.4, -0.2) is 60.5 Å². The van der Waals surface area contributed by atoms with Crippen LogP contribution in [0, 0.1) is 0 Å². The third kappa shape index (κ3) is 5.73. The number of aliphatic imine (C=N–C) groups is 1. The maximum atomic E-state index is 12.3. The minimum Gasteiger partial charge on any atom is -0.444 e. The number of nitrogens with one attached hydrogen (secondary N) is 1. The van der Waals surface area contributed by atoms with Gasteiger partial charge in [0.25, 0.3) is 5.91 Å². The Balaban J connectivity index is 1.78. The summed E-state index contributed by atoms with van der Waals surface area (Å²) < 4.78 is 30.1. The quantitative estimate of drug-likeness (QED) is 0.675. The van der Waals surface area contributed by atoms with Crippen molar-refractivity contribution in [3.63, 3.8) is 0 Å². The second kappa shape index (κ2) is 8.27. The molecule has 0 radical (unpaired) electrons. The number of halogens is 1. The van der Waals surface area contributed by atoms with Gasteiger partial charge in [-0.2, -0.15) is 4.99 Å². The summed E-state index contributed by atoms with van der Waals surface area (Å²) in [5.41, 5.74) is 0.0870. The van der Waals surface area contributed by atoms with E-state index in [9.17, 15) is 18.0 Å². The fourth-order valence-electron chi connectivity index (χ4n) is 3.10. The zero-order valence-electron chi connectivity index (χ0n) is 16.2. The first-order chi connectivity index (χ1) is 13.4. The number of rotatable bonds is 3. The molecule has 158 valence electrons. The van der Waals surface area contributed by atoms with Gasteiger partial charge in [-0.25, -0.2) is 13.2 Å². The minimum atomic E-state index is -3.13. The molecular weight excluding hydrogens is 482 g/mol. The molecule has 2 aliphatic heterocycles. The average molecular weight is 504 g/mol. The summed E-state index contributed by atoms with van der Waals surface area (Å²) in [4.78, 5) is 30.0. The van der Waals surface area contributed by atoms with E-state index >= 15 is 0 Å². The van der Waals surface area contributed by atoms with Gasteiger partial charge in [0, 0.05) is 15.4 Å². The Morgan fingerprint density at radius 1 is 1.34 bits per heavy atom. The number of anilines is 1. The number of thioether (sulfide) groups is 1. The molecule has 1 aromatic rings. The van der Waals surface area contributed by atoms with Crippen molar-refractivity contribution >= 4 is 60.4 Å². The second-order valence-corrected chi connectivity index (χ2v) is 12.1. The molecule has 3 rings (SSSR count). The summed E-state index contributed by atoms with van der Waals surface area (Å²) >= 11 is 4.70. The molecule has 0 spiro atoms. The topological polar surface area (TPSA) is 105 Å². The zero-order chi connectivity index (χ0) is 21.4. The van der Waals surface area contributed by atoms with E-state index in [1.807, 2.05) is 24.3 Å². The Bertz CT molecular complexity index is 958. The molecule has 2 aliphatic rings. The highest BCUT2D eigenvalue weighted by Gasteiger charge is 2.49. The van der Waals surface area contributed by atoms with Crippen LogP contribution in [0.5, 0.6) is 0 Å². The monoisotopic (exact) mass is 503 g/mol. The van der Waals surface area contributed by atoms with Gasteiger partial charge in [-0.3, -0.25) is 4.79 Å². The van der Waals surface area contributed by atoms with Crippen molar-refractivity contribution in [2.24, 2.45) is 4.99 Å². The predicted molar refractivity (Wildman–Crippen MR) is 117 cm³/mol. The number of carbonyl (C=O) groups is 2. The standard InChI is InChI=1S/C18H22BrN3O5S2/c1-18(2,3)27-17(24)20-8-15(23)21-16-22(12-6-4-5-11(19)7-12)13-9-29(25,26)10-14(13)28-16/h4-7,13-14H,8-10H2,1-3H3,(H,20,24)/t13-,14-/m0/s1. The summed E-state index contributed by atoms with van der Waals surface area (Å²) in [5, 5.41) is 2.64. The number of sulfone groups is 1. The Hall–Kier alpha value is -1.59. The molecular formula is C18H22BrN3O5S2. The molecule has 0 saturated carbocycles. The van der Waals surface area contributed by atoms with Crippen molar-refractivity contribution in [1.82, 2.24) is 5.32 Å². The number of benzene rings is 1. The largest absolute Gasteiger partial charge is 0.444 e. The summed E-state index contributed by atoms with van der Waals surface area (Å²) in [6, 6.07) is 7.11. The summed E-state index contributed by atoms with van der Waals surface area (Å²) in [7, 11) is -3.13. The van der Waals surface area contributed by atoms with E-state index < -0.39 is 27.4 Å². The molecule has 8 nitrogen and oxygen atoms in total. The molecule has 0 bridgehead atoms. The minimum absolute atomic E-state index is 0.0144. The SMILES string of the molecule is CC(C)(C)OC(=O)NCC(=O)N=C1S[C@H]2CS(=O)(=O)C[C@@H]2N1c1cccc(Br)c1. The number of alkyl carbamates (subject to hydrolysis) is 1. The number of nitrogens with zero attached hydrogens (tertiary/aromatic N) is 2. The van der Waals surface area contributed by atoms with Crippen LogP contribution in [0.15, 0.2) is 33.7 Å². The Kier molecular flexibility index (Phi) is 6.30. The molecule has 2 heterocycles. The van der Waals surface area contributed by atoms with Gasteiger partial charge in [-0.05, 0) is 39.0 Å². The van der Waals surface area contributed by atoms with Crippen LogP contribution in [0.2, 0.25) is 0 Å². The first kappa shape index (κ1) is 22.1. The second-order valence-electron chi connectivity index (χ2n) is 7.79. The number of hydrogen-bond donors (Lipinski definition) is 1. The van der Waals surface area contributed by atoms with Crippen molar-refractivity contribution in [3.05, 3.63) is 28.7 Å². The molecule has 1 N–H and O–H groups in total.